The van der Waals surface area contributed by atoms with E-state index in [0.29, 0.717) is 13.0 Å². The van der Waals surface area contributed by atoms with Crippen LogP contribution < -0.4 is 4.90 Å². The highest BCUT2D eigenvalue weighted by atomic mass is 79.9. The van der Waals surface area contributed by atoms with Crippen LogP contribution in [0.4, 0.5) is 5.69 Å². The van der Waals surface area contributed by atoms with E-state index in [9.17, 15) is 9.59 Å². The van der Waals surface area contributed by atoms with E-state index < -0.39 is 0 Å². The van der Waals surface area contributed by atoms with Gasteiger partial charge in [-0.05, 0) is 30.7 Å². The summed E-state index contributed by atoms with van der Waals surface area (Å²) in [5.41, 5.74) is 1.94. The maximum Gasteiger partial charge on any atom is 0.227 e. The van der Waals surface area contributed by atoms with Crippen molar-refractivity contribution in [1.29, 1.82) is 0 Å². The van der Waals surface area contributed by atoms with E-state index in [1.807, 2.05) is 25.1 Å². The molecule has 2 rings (SSSR count). The third kappa shape index (κ3) is 2.81. The molecule has 1 fully saturated rings. The maximum atomic E-state index is 12.1. The number of carbonyl (C=O) groups is 2. The van der Waals surface area contributed by atoms with Gasteiger partial charge in [0.15, 0.2) is 0 Å². The Balaban J connectivity index is 2.20. The van der Waals surface area contributed by atoms with Crippen LogP contribution in [0.3, 0.4) is 0 Å². The molecule has 0 saturated carbocycles. The molecule has 2 amide bonds. The van der Waals surface area contributed by atoms with Crippen LogP contribution >= 0.6 is 15.9 Å². The molecule has 1 aliphatic heterocycles. The molecular weight excluding hydrogens is 308 g/mol. The number of hydrogen-bond acceptors (Lipinski definition) is 2. The number of carbonyl (C=O) groups excluding carboxylic acids is 2. The third-order valence-corrected chi connectivity index (χ3v) is 4.26. The van der Waals surface area contributed by atoms with Crippen LogP contribution in [0.1, 0.15) is 12.0 Å². The average Bonchev–Trinajstić information content (AvgIpc) is 2.73. The summed E-state index contributed by atoms with van der Waals surface area (Å²) in [6.07, 6.45) is 0.298. The number of anilines is 1. The third-order valence-electron chi connectivity index (χ3n) is 3.37. The monoisotopic (exact) mass is 324 g/mol. The Labute approximate surface area is 121 Å². The lowest BCUT2D eigenvalue weighted by atomic mass is 10.1. The molecule has 1 aromatic carbocycles. The second kappa shape index (κ2) is 5.33. The van der Waals surface area contributed by atoms with Crippen molar-refractivity contribution < 1.29 is 9.59 Å². The Morgan fingerprint density at radius 2 is 2.11 bits per heavy atom. The molecule has 0 bridgehead atoms. The number of amides is 2. The second-order valence-electron chi connectivity index (χ2n) is 5.07. The van der Waals surface area contributed by atoms with E-state index in [0.717, 1.165) is 15.7 Å². The van der Waals surface area contributed by atoms with Gasteiger partial charge >= 0.3 is 0 Å². The van der Waals surface area contributed by atoms with Gasteiger partial charge in [0.25, 0.3) is 0 Å². The van der Waals surface area contributed by atoms with Gasteiger partial charge in [0.2, 0.25) is 11.8 Å². The van der Waals surface area contributed by atoms with Crippen molar-refractivity contribution in [2.45, 2.75) is 13.3 Å². The molecule has 1 aromatic rings. The van der Waals surface area contributed by atoms with Gasteiger partial charge in [0.1, 0.15) is 0 Å². The lowest BCUT2D eigenvalue weighted by Gasteiger charge is -2.19. The minimum Gasteiger partial charge on any atom is -0.349 e. The van der Waals surface area contributed by atoms with Crippen LogP contribution in [0.25, 0.3) is 0 Å². The summed E-state index contributed by atoms with van der Waals surface area (Å²) in [6, 6.07) is 5.79. The fourth-order valence-electron chi connectivity index (χ4n) is 2.28. The number of hydrogen-bond donors (Lipinski definition) is 0. The molecule has 0 spiro atoms. The smallest absolute Gasteiger partial charge is 0.227 e. The van der Waals surface area contributed by atoms with Gasteiger partial charge in [-0.15, -0.1) is 0 Å². The van der Waals surface area contributed by atoms with Crippen LogP contribution in [0.5, 0.6) is 0 Å². The SMILES string of the molecule is Cc1cc(N2CC(C(=O)N(C)C)CC2=O)ccc1Br. The van der Waals surface area contributed by atoms with Gasteiger partial charge in [-0.3, -0.25) is 9.59 Å². The average molecular weight is 325 g/mol. The molecule has 1 heterocycles. The van der Waals surface area contributed by atoms with E-state index >= 15 is 0 Å². The topological polar surface area (TPSA) is 40.6 Å². The molecule has 19 heavy (non-hydrogen) atoms. The van der Waals surface area contributed by atoms with Gasteiger partial charge in [-0.2, -0.15) is 0 Å². The first-order chi connectivity index (χ1) is 8.90. The Bertz CT molecular complexity index is 528. The molecule has 102 valence electrons. The van der Waals surface area contributed by atoms with Crippen LogP contribution in [-0.4, -0.2) is 37.4 Å². The zero-order valence-corrected chi connectivity index (χ0v) is 12.9. The van der Waals surface area contributed by atoms with E-state index in [4.69, 9.17) is 0 Å². The molecule has 0 N–H and O–H groups in total. The fraction of sp³-hybridized carbons (Fsp3) is 0.429. The van der Waals surface area contributed by atoms with E-state index in [2.05, 4.69) is 15.9 Å². The standard InChI is InChI=1S/C14H17BrN2O2/c1-9-6-11(4-5-12(9)15)17-8-10(7-13(17)18)14(19)16(2)3/h4-6,10H,7-8H2,1-3H3. The van der Waals surface area contributed by atoms with Crippen LogP contribution in [0, 0.1) is 12.8 Å². The minimum atomic E-state index is -0.230. The van der Waals surface area contributed by atoms with E-state index in [-0.39, 0.29) is 17.7 Å². The Hall–Kier alpha value is -1.36. The maximum absolute atomic E-state index is 12.1. The van der Waals surface area contributed by atoms with Gasteiger partial charge in [0, 0.05) is 37.2 Å². The number of aryl methyl sites for hydroxylation is 1. The first-order valence-corrected chi connectivity index (χ1v) is 6.97. The van der Waals surface area contributed by atoms with Gasteiger partial charge in [-0.1, -0.05) is 15.9 Å². The number of benzene rings is 1. The lowest BCUT2D eigenvalue weighted by molar-refractivity contribution is -0.133. The molecule has 0 radical (unpaired) electrons. The van der Waals surface area contributed by atoms with Crippen LogP contribution in [0.15, 0.2) is 22.7 Å². The van der Waals surface area contributed by atoms with Crippen molar-refractivity contribution in [3.05, 3.63) is 28.2 Å². The predicted molar refractivity (Wildman–Crippen MR) is 78.0 cm³/mol. The van der Waals surface area contributed by atoms with Crippen molar-refractivity contribution in [3.63, 3.8) is 0 Å². The summed E-state index contributed by atoms with van der Waals surface area (Å²) >= 11 is 3.44. The summed E-state index contributed by atoms with van der Waals surface area (Å²) < 4.78 is 1.02. The number of halogens is 1. The first kappa shape index (κ1) is 14.1. The molecule has 5 heteroatoms. The van der Waals surface area contributed by atoms with Gasteiger partial charge < -0.3 is 9.80 Å². The normalized spacial score (nSPS) is 18.8. The fourth-order valence-corrected chi connectivity index (χ4v) is 2.53. The highest BCUT2D eigenvalue weighted by Gasteiger charge is 2.35. The molecule has 1 saturated heterocycles. The summed E-state index contributed by atoms with van der Waals surface area (Å²) in [5.74, 6) is -0.196. The number of nitrogens with zero attached hydrogens (tertiary/aromatic N) is 2. The number of rotatable bonds is 2. The zero-order chi connectivity index (χ0) is 14.2. The molecule has 0 aliphatic carbocycles. The van der Waals surface area contributed by atoms with Crippen molar-refractivity contribution in [1.82, 2.24) is 4.90 Å². The molecule has 1 unspecified atom stereocenters. The first-order valence-electron chi connectivity index (χ1n) is 6.18. The Kier molecular flexibility index (Phi) is 3.94. The second-order valence-corrected chi connectivity index (χ2v) is 5.93. The summed E-state index contributed by atoms with van der Waals surface area (Å²) in [7, 11) is 3.44. The summed E-state index contributed by atoms with van der Waals surface area (Å²) in [4.78, 5) is 27.2. The molecule has 1 atom stereocenters. The van der Waals surface area contributed by atoms with Gasteiger partial charge in [0.05, 0.1) is 5.92 Å². The van der Waals surface area contributed by atoms with Crippen molar-refractivity contribution in [2.75, 3.05) is 25.5 Å². The largest absolute Gasteiger partial charge is 0.349 e. The van der Waals surface area contributed by atoms with E-state index in [1.54, 1.807) is 23.9 Å². The van der Waals surface area contributed by atoms with Crippen molar-refractivity contribution >= 4 is 33.4 Å². The predicted octanol–water partition coefficient (Wildman–Crippen LogP) is 2.20. The summed E-state index contributed by atoms with van der Waals surface area (Å²) in [6.45, 7) is 2.45. The zero-order valence-electron chi connectivity index (χ0n) is 11.3. The molecule has 4 nitrogen and oxygen atoms in total. The van der Waals surface area contributed by atoms with Crippen molar-refractivity contribution in [3.8, 4) is 0 Å². The minimum absolute atomic E-state index is 0.0157. The highest BCUT2D eigenvalue weighted by Crippen LogP contribution is 2.28. The van der Waals surface area contributed by atoms with E-state index in [1.165, 1.54) is 0 Å². The summed E-state index contributed by atoms with van der Waals surface area (Å²) in [5, 5.41) is 0. The lowest BCUT2D eigenvalue weighted by Crippen LogP contribution is -2.32. The Morgan fingerprint density at radius 1 is 1.42 bits per heavy atom. The molecule has 1 aliphatic rings. The quantitative estimate of drug-likeness (QED) is 0.836. The highest BCUT2D eigenvalue weighted by molar-refractivity contribution is 9.10. The molecular formula is C14H17BrN2O2. The van der Waals surface area contributed by atoms with Gasteiger partial charge in [-0.25, -0.2) is 0 Å². The van der Waals surface area contributed by atoms with Crippen molar-refractivity contribution in [2.24, 2.45) is 5.92 Å². The Morgan fingerprint density at radius 3 is 2.68 bits per heavy atom. The van der Waals surface area contributed by atoms with Crippen LogP contribution in [0.2, 0.25) is 0 Å². The van der Waals surface area contributed by atoms with Crippen LogP contribution in [-0.2, 0) is 9.59 Å². The molecule has 0 aromatic heterocycles.